The summed E-state index contributed by atoms with van der Waals surface area (Å²) in [6.45, 7) is 3.22. The monoisotopic (exact) mass is 250 g/mol. The van der Waals surface area contributed by atoms with E-state index < -0.39 is 0 Å². The van der Waals surface area contributed by atoms with Gasteiger partial charge in [0.15, 0.2) is 0 Å². The van der Waals surface area contributed by atoms with Gasteiger partial charge in [0.2, 0.25) is 5.91 Å². The summed E-state index contributed by atoms with van der Waals surface area (Å²) in [5, 5.41) is 3.62. The minimum absolute atomic E-state index is 0.367. The van der Waals surface area contributed by atoms with Crippen LogP contribution in [0.4, 0.5) is 0 Å². The molecule has 0 spiro atoms. The zero-order valence-electron chi connectivity index (χ0n) is 11.4. The Morgan fingerprint density at radius 3 is 2.28 bits per heavy atom. The molecule has 0 radical (unpaired) electrons. The largest absolute Gasteiger partial charge is 0.342 e. The average Bonchev–Trinajstić information content (AvgIpc) is 3.11. The van der Waals surface area contributed by atoms with E-state index in [-0.39, 0.29) is 0 Å². The van der Waals surface area contributed by atoms with Gasteiger partial charge in [-0.25, -0.2) is 0 Å². The number of likely N-dealkylation sites (tertiary alicyclic amines) is 1. The molecule has 3 nitrogen and oxygen atoms in total. The van der Waals surface area contributed by atoms with E-state index in [0.717, 1.165) is 37.9 Å². The summed E-state index contributed by atoms with van der Waals surface area (Å²) in [6, 6.07) is 0.744. The standard InChI is InChI=1S/C15H26N2O/c18-15(13-4-1-2-5-13)17-10-7-12(8-11-17)14-6-3-9-16-14/h12-14,16H,1-11H2. The summed E-state index contributed by atoms with van der Waals surface area (Å²) in [4.78, 5) is 14.5. The van der Waals surface area contributed by atoms with E-state index in [1.165, 1.54) is 45.1 Å². The summed E-state index contributed by atoms with van der Waals surface area (Å²) in [7, 11) is 0. The fourth-order valence-electron chi connectivity index (χ4n) is 4.07. The van der Waals surface area contributed by atoms with Gasteiger partial charge in [0.25, 0.3) is 0 Å². The van der Waals surface area contributed by atoms with Gasteiger partial charge < -0.3 is 10.2 Å². The van der Waals surface area contributed by atoms with Crippen LogP contribution in [0.5, 0.6) is 0 Å². The van der Waals surface area contributed by atoms with Crippen LogP contribution in [0, 0.1) is 11.8 Å². The third-order valence-electron chi connectivity index (χ3n) is 5.22. The summed E-state index contributed by atoms with van der Waals surface area (Å²) in [5.74, 6) is 1.65. The van der Waals surface area contributed by atoms with Crippen LogP contribution in [0.1, 0.15) is 51.4 Å². The Morgan fingerprint density at radius 1 is 0.944 bits per heavy atom. The van der Waals surface area contributed by atoms with Gasteiger partial charge in [0, 0.05) is 25.0 Å². The van der Waals surface area contributed by atoms with E-state index in [9.17, 15) is 4.79 Å². The summed E-state index contributed by atoms with van der Waals surface area (Å²) in [6.07, 6.45) is 9.93. The van der Waals surface area contributed by atoms with Crippen LogP contribution in [0.15, 0.2) is 0 Å². The molecule has 1 amide bonds. The SMILES string of the molecule is O=C(C1CCCC1)N1CCC(C2CCCN2)CC1. The molecule has 2 aliphatic heterocycles. The van der Waals surface area contributed by atoms with Crippen molar-refractivity contribution >= 4 is 5.91 Å². The molecule has 0 bridgehead atoms. The molecule has 0 aromatic heterocycles. The lowest BCUT2D eigenvalue weighted by Crippen LogP contribution is -2.45. The first-order chi connectivity index (χ1) is 8.84. The highest BCUT2D eigenvalue weighted by molar-refractivity contribution is 5.79. The second kappa shape index (κ2) is 5.60. The molecule has 18 heavy (non-hydrogen) atoms. The van der Waals surface area contributed by atoms with Crippen LogP contribution in [0.3, 0.4) is 0 Å². The Morgan fingerprint density at radius 2 is 1.67 bits per heavy atom. The fraction of sp³-hybridized carbons (Fsp3) is 0.933. The predicted octanol–water partition coefficient (Wildman–Crippen LogP) is 2.17. The quantitative estimate of drug-likeness (QED) is 0.814. The van der Waals surface area contributed by atoms with Crippen molar-refractivity contribution in [2.75, 3.05) is 19.6 Å². The van der Waals surface area contributed by atoms with Crippen molar-refractivity contribution in [1.29, 1.82) is 0 Å². The first-order valence-corrected chi connectivity index (χ1v) is 7.87. The third-order valence-corrected chi connectivity index (χ3v) is 5.22. The van der Waals surface area contributed by atoms with Crippen molar-refractivity contribution in [1.82, 2.24) is 10.2 Å². The molecule has 1 N–H and O–H groups in total. The highest BCUT2D eigenvalue weighted by Gasteiger charge is 2.32. The van der Waals surface area contributed by atoms with Crippen LogP contribution in [-0.4, -0.2) is 36.5 Å². The zero-order valence-corrected chi connectivity index (χ0v) is 11.4. The Hall–Kier alpha value is -0.570. The van der Waals surface area contributed by atoms with Crippen molar-refractivity contribution in [3.05, 3.63) is 0 Å². The van der Waals surface area contributed by atoms with Crippen molar-refractivity contribution in [3.8, 4) is 0 Å². The van der Waals surface area contributed by atoms with Crippen LogP contribution in [0.25, 0.3) is 0 Å². The van der Waals surface area contributed by atoms with Crippen molar-refractivity contribution in [2.24, 2.45) is 11.8 Å². The van der Waals surface area contributed by atoms with Gasteiger partial charge in [-0.2, -0.15) is 0 Å². The highest BCUT2D eigenvalue weighted by atomic mass is 16.2. The average molecular weight is 250 g/mol. The first-order valence-electron chi connectivity index (χ1n) is 7.87. The van der Waals surface area contributed by atoms with Gasteiger partial charge in [-0.3, -0.25) is 4.79 Å². The first kappa shape index (κ1) is 12.5. The maximum absolute atomic E-state index is 12.3. The van der Waals surface area contributed by atoms with E-state index in [0.29, 0.717) is 11.8 Å². The molecule has 1 saturated carbocycles. The second-order valence-corrected chi connectivity index (χ2v) is 6.35. The number of carbonyl (C=O) groups excluding carboxylic acids is 1. The maximum Gasteiger partial charge on any atom is 0.225 e. The van der Waals surface area contributed by atoms with Crippen molar-refractivity contribution in [2.45, 2.75) is 57.4 Å². The lowest BCUT2D eigenvalue weighted by Gasteiger charge is -2.36. The number of carbonyl (C=O) groups is 1. The van der Waals surface area contributed by atoms with Crippen LogP contribution in [-0.2, 0) is 4.79 Å². The number of nitrogens with zero attached hydrogens (tertiary/aromatic N) is 1. The molecular formula is C15H26N2O. The normalized spacial score (nSPS) is 31.1. The lowest BCUT2D eigenvalue weighted by molar-refractivity contribution is -0.136. The number of amides is 1. The second-order valence-electron chi connectivity index (χ2n) is 6.35. The van der Waals surface area contributed by atoms with Crippen LogP contribution < -0.4 is 5.32 Å². The predicted molar refractivity (Wildman–Crippen MR) is 72.3 cm³/mol. The van der Waals surface area contributed by atoms with E-state index >= 15 is 0 Å². The minimum Gasteiger partial charge on any atom is -0.342 e. The van der Waals surface area contributed by atoms with Gasteiger partial charge in [0.1, 0.15) is 0 Å². The van der Waals surface area contributed by atoms with E-state index in [1.807, 2.05) is 0 Å². The lowest BCUT2D eigenvalue weighted by atomic mass is 9.88. The molecule has 0 aromatic rings. The smallest absolute Gasteiger partial charge is 0.225 e. The van der Waals surface area contributed by atoms with E-state index in [4.69, 9.17) is 0 Å². The molecule has 102 valence electrons. The Bertz CT molecular complexity index is 285. The molecule has 3 fully saturated rings. The van der Waals surface area contributed by atoms with Gasteiger partial charge >= 0.3 is 0 Å². The topological polar surface area (TPSA) is 32.3 Å². The maximum atomic E-state index is 12.3. The zero-order chi connectivity index (χ0) is 12.4. The van der Waals surface area contributed by atoms with Gasteiger partial charge in [-0.05, 0) is 51.0 Å². The summed E-state index contributed by atoms with van der Waals surface area (Å²) >= 11 is 0. The van der Waals surface area contributed by atoms with E-state index in [2.05, 4.69) is 10.2 Å². The number of nitrogens with one attached hydrogen (secondary N) is 1. The van der Waals surface area contributed by atoms with Gasteiger partial charge in [-0.15, -0.1) is 0 Å². The molecule has 0 aromatic carbocycles. The molecule has 2 saturated heterocycles. The fourth-order valence-corrected chi connectivity index (χ4v) is 4.07. The molecule has 1 atom stereocenters. The van der Waals surface area contributed by atoms with Gasteiger partial charge in [-0.1, -0.05) is 12.8 Å². The van der Waals surface area contributed by atoms with Gasteiger partial charge in [0.05, 0.1) is 0 Å². The molecule has 1 unspecified atom stereocenters. The highest BCUT2D eigenvalue weighted by Crippen LogP contribution is 2.30. The summed E-state index contributed by atoms with van der Waals surface area (Å²) < 4.78 is 0. The molecule has 1 aliphatic carbocycles. The molecule has 2 heterocycles. The Labute approximate surface area is 110 Å². The van der Waals surface area contributed by atoms with E-state index in [1.54, 1.807) is 0 Å². The molecule has 3 rings (SSSR count). The van der Waals surface area contributed by atoms with Crippen molar-refractivity contribution < 1.29 is 4.79 Å². The Balaban J connectivity index is 1.48. The number of piperidine rings is 1. The summed E-state index contributed by atoms with van der Waals surface area (Å²) in [5.41, 5.74) is 0. The number of rotatable bonds is 2. The third kappa shape index (κ3) is 2.56. The van der Waals surface area contributed by atoms with Crippen molar-refractivity contribution in [3.63, 3.8) is 0 Å². The number of hydrogen-bond donors (Lipinski definition) is 1. The van der Waals surface area contributed by atoms with Crippen LogP contribution >= 0.6 is 0 Å². The Kier molecular flexibility index (Phi) is 3.88. The molecule has 3 aliphatic rings. The molecular weight excluding hydrogens is 224 g/mol. The molecule has 3 heteroatoms. The number of hydrogen-bond acceptors (Lipinski definition) is 2. The minimum atomic E-state index is 0.367. The van der Waals surface area contributed by atoms with Crippen LogP contribution in [0.2, 0.25) is 0 Å².